The Morgan fingerprint density at radius 3 is 3.12 bits per heavy atom. The molecule has 1 aromatic carbocycles. The van der Waals surface area contributed by atoms with Crippen LogP contribution in [0.25, 0.3) is 10.2 Å². The van der Waals surface area contributed by atoms with Crippen molar-refractivity contribution in [3.63, 3.8) is 0 Å². The van der Waals surface area contributed by atoms with Crippen molar-refractivity contribution in [3.05, 3.63) is 18.2 Å². The Morgan fingerprint density at radius 1 is 1.50 bits per heavy atom. The number of amides is 1. The van der Waals surface area contributed by atoms with E-state index >= 15 is 0 Å². The number of carbonyl (C=O) groups is 1. The molecular formula is C17H21N3O3S. The number of fused-ring (bicyclic) bond motifs is 1. The standard InChI is InChI=1S/C17H21N3O3S/c1-22-13-5-2-6-14-15(13)19-17(24-14)20-9-11(10-20)16(21)18-8-12-4-3-7-23-12/h2,5-6,11-12H,3-4,7-10H2,1H3,(H,18,21). The molecule has 0 spiro atoms. The second-order valence-corrected chi connectivity index (χ2v) is 7.29. The minimum absolute atomic E-state index is 0.0420. The predicted molar refractivity (Wildman–Crippen MR) is 93.9 cm³/mol. The number of anilines is 1. The average molecular weight is 347 g/mol. The van der Waals surface area contributed by atoms with Gasteiger partial charge in [-0.05, 0) is 25.0 Å². The van der Waals surface area contributed by atoms with Gasteiger partial charge < -0.3 is 19.7 Å². The average Bonchev–Trinajstić information content (AvgIpc) is 3.20. The lowest BCUT2D eigenvalue weighted by Gasteiger charge is -2.38. The summed E-state index contributed by atoms with van der Waals surface area (Å²) in [6, 6.07) is 5.94. The molecule has 2 aromatic rings. The van der Waals surface area contributed by atoms with Gasteiger partial charge in [-0.15, -0.1) is 0 Å². The fraction of sp³-hybridized carbons (Fsp3) is 0.529. The number of carbonyl (C=O) groups excluding carboxylic acids is 1. The Bertz CT molecular complexity index is 736. The Morgan fingerprint density at radius 2 is 2.38 bits per heavy atom. The highest BCUT2D eigenvalue weighted by Gasteiger charge is 2.34. The summed E-state index contributed by atoms with van der Waals surface area (Å²) in [5.74, 6) is 0.960. The summed E-state index contributed by atoms with van der Waals surface area (Å²) in [5.41, 5.74) is 0.895. The van der Waals surface area contributed by atoms with Crippen molar-refractivity contribution in [2.24, 2.45) is 5.92 Å². The van der Waals surface area contributed by atoms with E-state index in [1.54, 1.807) is 18.4 Å². The molecule has 2 aliphatic heterocycles. The summed E-state index contributed by atoms with van der Waals surface area (Å²) in [7, 11) is 1.66. The molecule has 0 bridgehead atoms. The van der Waals surface area contributed by atoms with E-state index in [4.69, 9.17) is 9.47 Å². The predicted octanol–water partition coefficient (Wildman–Crippen LogP) is 2.04. The van der Waals surface area contributed by atoms with Gasteiger partial charge in [0, 0.05) is 26.2 Å². The van der Waals surface area contributed by atoms with E-state index in [0.717, 1.165) is 53.6 Å². The van der Waals surface area contributed by atoms with Gasteiger partial charge in [0.2, 0.25) is 5.91 Å². The highest BCUT2D eigenvalue weighted by atomic mass is 32.1. The van der Waals surface area contributed by atoms with Gasteiger partial charge in [0.1, 0.15) is 11.3 Å². The summed E-state index contributed by atoms with van der Waals surface area (Å²) in [6.45, 7) is 2.89. The molecule has 6 nitrogen and oxygen atoms in total. The zero-order chi connectivity index (χ0) is 16.5. The van der Waals surface area contributed by atoms with Crippen LogP contribution in [0.5, 0.6) is 5.75 Å². The van der Waals surface area contributed by atoms with Gasteiger partial charge in [0.25, 0.3) is 0 Å². The van der Waals surface area contributed by atoms with E-state index in [-0.39, 0.29) is 17.9 Å². The summed E-state index contributed by atoms with van der Waals surface area (Å²) < 4.78 is 12.0. The molecule has 1 unspecified atom stereocenters. The first-order valence-corrected chi connectivity index (χ1v) is 9.14. The quantitative estimate of drug-likeness (QED) is 0.897. The zero-order valence-electron chi connectivity index (χ0n) is 13.7. The smallest absolute Gasteiger partial charge is 0.226 e. The number of benzene rings is 1. The van der Waals surface area contributed by atoms with Crippen molar-refractivity contribution >= 4 is 32.6 Å². The van der Waals surface area contributed by atoms with Crippen LogP contribution in [-0.2, 0) is 9.53 Å². The molecule has 0 aliphatic carbocycles. The fourth-order valence-corrected chi connectivity index (χ4v) is 4.18. The number of methoxy groups -OCH3 is 1. The van der Waals surface area contributed by atoms with E-state index in [2.05, 4.69) is 15.2 Å². The van der Waals surface area contributed by atoms with E-state index < -0.39 is 0 Å². The normalized spacial score (nSPS) is 21.0. The van der Waals surface area contributed by atoms with Gasteiger partial charge in [-0.3, -0.25) is 4.79 Å². The number of thiazole rings is 1. The maximum atomic E-state index is 12.2. The van der Waals surface area contributed by atoms with Crippen molar-refractivity contribution < 1.29 is 14.3 Å². The van der Waals surface area contributed by atoms with Gasteiger partial charge in [-0.2, -0.15) is 0 Å². The van der Waals surface area contributed by atoms with Crippen molar-refractivity contribution in [1.82, 2.24) is 10.3 Å². The molecule has 7 heteroatoms. The summed E-state index contributed by atoms with van der Waals surface area (Å²) in [4.78, 5) is 19.0. The minimum Gasteiger partial charge on any atom is -0.494 e. The maximum absolute atomic E-state index is 12.2. The fourth-order valence-electron chi connectivity index (χ4n) is 3.18. The number of aromatic nitrogens is 1. The molecule has 2 aliphatic rings. The molecular weight excluding hydrogens is 326 g/mol. The third kappa shape index (κ3) is 2.93. The molecule has 3 heterocycles. The summed E-state index contributed by atoms with van der Waals surface area (Å²) in [5, 5.41) is 3.97. The van der Waals surface area contributed by atoms with Crippen LogP contribution in [0.4, 0.5) is 5.13 Å². The molecule has 1 amide bonds. The van der Waals surface area contributed by atoms with E-state index in [0.29, 0.717) is 6.54 Å². The maximum Gasteiger partial charge on any atom is 0.226 e. The minimum atomic E-state index is 0.0420. The molecule has 1 N–H and O–H groups in total. The highest BCUT2D eigenvalue weighted by Crippen LogP contribution is 2.36. The number of rotatable bonds is 5. The van der Waals surface area contributed by atoms with E-state index in [1.165, 1.54) is 0 Å². The van der Waals surface area contributed by atoms with Crippen LogP contribution >= 0.6 is 11.3 Å². The van der Waals surface area contributed by atoms with Crippen LogP contribution in [-0.4, -0.2) is 50.3 Å². The molecule has 2 saturated heterocycles. The molecule has 0 saturated carbocycles. The first kappa shape index (κ1) is 15.7. The monoisotopic (exact) mass is 347 g/mol. The number of hydrogen-bond acceptors (Lipinski definition) is 6. The number of para-hydroxylation sites is 1. The second kappa shape index (κ2) is 6.57. The van der Waals surface area contributed by atoms with Gasteiger partial charge in [-0.25, -0.2) is 4.98 Å². The van der Waals surface area contributed by atoms with Crippen molar-refractivity contribution in [2.45, 2.75) is 18.9 Å². The molecule has 0 radical (unpaired) electrons. The molecule has 4 rings (SSSR count). The first-order valence-electron chi connectivity index (χ1n) is 8.32. The molecule has 1 atom stereocenters. The van der Waals surface area contributed by atoms with Crippen LogP contribution < -0.4 is 15.0 Å². The summed E-state index contributed by atoms with van der Waals surface area (Å²) in [6.07, 6.45) is 2.34. The van der Waals surface area contributed by atoms with Crippen LogP contribution in [0.3, 0.4) is 0 Å². The molecule has 24 heavy (non-hydrogen) atoms. The second-order valence-electron chi connectivity index (χ2n) is 6.29. The lowest BCUT2D eigenvalue weighted by Crippen LogP contribution is -2.54. The van der Waals surface area contributed by atoms with Crippen LogP contribution in [0.15, 0.2) is 18.2 Å². The van der Waals surface area contributed by atoms with E-state index in [9.17, 15) is 4.79 Å². The Kier molecular flexibility index (Phi) is 4.28. The number of nitrogens with one attached hydrogen (secondary N) is 1. The molecule has 2 fully saturated rings. The first-order chi connectivity index (χ1) is 11.7. The van der Waals surface area contributed by atoms with Crippen molar-refractivity contribution in [1.29, 1.82) is 0 Å². The van der Waals surface area contributed by atoms with Gasteiger partial charge in [-0.1, -0.05) is 17.4 Å². The lowest BCUT2D eigenvalue weighted by molar-refractivity contribution is -0.126. The third-order valence-electron chi connectivity index (χ3n) is 4.64. The van der Waals surface area contributed by atoms with Crippen molar-refractivity contribution in [3.8, 4) is 5.75 Å². The van der Waals surface area contributed by atoms with Gasteiger partial charge in [0.05, 0.1) is 23.8 Å². The SMILES string of the molecule is COc1cccc2sc(N3CC(C(=O)NCC4CCCO4)C3)nc12. The Hall–Kier alpha value is -1.86. The van der Waals surface area contributed by atoms with Crippen LogP contribution in [0, 0.1) is 5.92 Å². The number of nitrogens with zero attached hydrogens (tertiary/aromatic N) is 2. The number of hydrogen-bond donors (Lipinski definition) is 1. The topological polar surface area (TPSA) is 63.7 Å². The Balaban J connectivity index is 1.34. The molecule has 1 aromatic heterocycles. The Labute approximate surface area is 144 Å². The van der Waals surface area contributed by atoms with Gasteiger partial charge in [0.15, 0.2) is 5.13 Å². The lowest BCUT2D eigenvalue weighted by atomic mass is 10.00. The van der Waals surface area contributed by atoms with Crippen LogP contribution in [0.2, 0.25) is 0 Å². The third-order valence-corrected chi connectivity index (χ3v) is 5.72. The zero-order valence-corrected chi connectivity index (χ0v) is 14.5. The largest absolute Gasteiger partial charge is 0.494 e. The highest BCUT2D eigenvalue weighted by molar-refractivity contribution is 7.22. The van der Waals surface area contributed by atoms with Crippen molar-refractivity contribution in [2.75, 3.05) is 38.3 Å². The molecule has 128 valence electrons. The van der Waals surface area contributed by atoms with Gasteiger partial charge >= 0.3 is 0 Å². The summed E-state index contributed by atoms with van der Waals surface area (Å²) >= 11 is 1.64. The number of ether oxygens (including phenoxy) is 2. The van der Waals surface area contributed by atoms with E-state index in [1.807, 2.05) is 18.2 Å². The van der Waals surface area contributed by atoms with Crippen LogP contribution in [0.1, 0.15) is 12.8 Å².